The Kier molecular flexibility index (Phi) is 5.24. The lowest BCUT2D eigenvalue weighted by Crippen LogP contribution is -2.51. The van der Waals surface area contributed by atoms with Gasteiger partial charge >= 0.3 is 6.01 Å². The maximum atomic E-state index is 14.8. The second-order valence-corrected chi connectivity index (χ2v) is 11.1. The van der Waals surface area contributed by atoms with Crippen LogP contribution < -0.4 is 15.0 Å². The summed E-state index contributed by atoms with van der Waals surface area (Å²) in [6, 6.07) is 7.85. The van der Waals surface area contributed by atoms with Gasteiger partial charge in [0.05, 0.1) is 29.0 Å². The molecule has 2 atom stereocenters. The number of anilines is 1. The first-order valence-electron chi connectivity index (χ1n) is 12.6. The van der Waals surface area contributed by atoms with Crippen molar-refractivity contribution < 1.29 is 14.2 Å². The molecule has 2 unspecified atom stereocenters. The summed E-state index contributed by atoms with van der Waals surface area (Å²) in [5, 5.41) is 15.6. The van der Waals surface area contributed by atoms with Gasteiger partial charge in [-0.15, -0.1) is 6.42 Å². The van der Waals surface area contributed by atoms with E-state index in [-0.39, 0.29) is 11.3 Å². The third-order valence-corrected chi connectivity index (χ3v) is 8.87. The van der Waals surface area contributed by atoms with E-state index in [0.29, 0.717) is 40.5 Å². The second kappa shape index (κ2) is 8.54. The van der Waals surface area contributed by atoms with E-state index in [1.54, 1.807) is 37.3 Å². The van der Waals surface area contributed by atoms with Gasteiger partial charge in [-0.25, -0.2) is 4.39 Å². The molecule has 4 heterocycles. The normalized spacial score (nSPS) is 22.6. The smallest absolute Gasteiger partial charge is 0.318 e. The number of aromatic nitrogens is 2. The Morgan fingerprint density at radius 2 is 1.95 bits per heavy atom. The predicted octanol–water partition coefficient (Wildman–Crippen LogP) is 4.39. The minimum absolute atomic E-state index is 0.0989. The summed E-state index contributed by atoms with van der Waals surface area (Å²) >= 11 is 1.62. The first-order valence-corrected chi connectivity index (χ1v) is 13.4. The van der Waals surface area contributed by atoms with Gasteiger partial charge in [-0.1, -0.05) is 12.0 Å². The number of methoxy groups -OCH3 is 1. The molecule has 7 nitrogen and oxygen atoms in total. The fraction of sp³-hybridized carbons (Fsp3) is 0.357. The highest BCUT2D eigenvalue weighted by atomic mass is 32.2. The molecule has 4 aliphatic rings. The summed E-state index contributed by atoms with van der Waals surface area (Å²) in [5.74, 6) is 3.07. The molecule has 3 fully saturated rings. The third-order valence-electron chi connectivity index (χ3n) is 7.60. The molecule has 1 aliphatic carbocycles. The Morgan fingerprint density at radius 1 is 1.16 bits per heavy atom. The predicted molar refractivity (Wildman–Crippen MR) is 143 cm³/mol. The molecule has 1 aromatic heterocycles. The molecule has 1 saturated carbocycles. The number of rotatable bonds is 4. The Labute approximate surface area is 218 Å². The van der Waals surface area contributed by atoms with E-state index < -0.39 is 5.82 Å². The zero-order valence-corrected chi connectivity index (χ0v) is 21.2. The van der Waals surface area contributed by atoms with Crippen LogP contribution in [-0.4, -0.2) is 57.7 Å². The van der Waals surface area contributed by atoms with Crippen LogP contribution in [0.25, 0.3) is 22.5 Å². The molecule has 2 N–H and O–H groups in total. The fourth-order valence-electron chi connectivity index (χ4n) is 5.78. The Bertz CT molecular complexity index is 1500. The van der Waals surface area contributed by atoms with Gasteiger partial charge in [0.2, 0.25) is 0 Å². The minimum atomic E-state index is -0.455. The third kappa shape index (κ3) is 3.78. The zero-order valence-electron chi connectivity index (χ0n) is 20.4. The number of hydrogen-bond acceptors (Lipinski definition) is 8. The number of halogens is 1. The number of fused-ring (bicyclic) bond motifs is 4. The highest BCUT2D eigenvalue weighted by Gasteiger charge is 2.39. The van der Waals surface area contributed by atoms with Crippen LogP contribution in [0.15, 0.2) is 29.2 Å². The van der Waals surface area contributed by atoms with Gasteiger partial charge in [0.1, 0.15) is 11.6 Å². The molecule has 9 heteroatoms. The van der Waals surface area contributed by atoms with Crippen molar-refractivity contribution >= 4 is 40.3 Å². The number of phenols is 1. The lowest BCUT2D eigenvalue weighted by molar-refractivity contribution is 0.376. The molecule has 0 radical (unpaired) electrons. The molecule has 3 aliphatic heterocycles. The summed E-state index contributed by atoms with van der Waals surface area (Å²) in [5.41, 5.74) is 2.47. The van der Waals surface area contributed by atoms with Crippen LogP contribution >= 0.6 is 11.9 Å². The number of nitrogens with one attached hydrogen (secondary N) is 1. The van der Waals surface area contributed by atoms with Crippen molar-refractivity contribution in [2.24, 2.45) is 0 Å². The lowest BCUT2D eigenvalue weighted by atomic mass is 9.96. The van der Waals surface area contributed by atoms with Gasteiger partial charge in [0.25, 0.3) is 0 Å². The highest BCUT2D eigenvalue weighted by Crippen LogP contribution is 2.51. The molecular weight excluding hydrogens is 489 g/mol. The van der Waals surface area contributed by atoms with Crippen molar-refractivity contribution in [2.45, 2.75) is 48.7 Å². The summed E-state index contributed by atoms with van der Waals surface area (Å²) < 4.78 is 22.6. The van der Waals surface area contributed by atoms with Crippen LogP contribution in [0, 0.1) is 18.2 Å². The fourth-order valence-corrected chi connectivity index (χ4v) is 7.04. The molecule has 2 bridgehead atoms. The minimum Gasteiger partial charge on any atom is -0.508 e. The van der Waals surface area contributed by atoms with E-state index >= 15 is 0 Å². The van der Waals surface area contributed by atoms with Crippen molar-refractivity contribution in [3.63, 3.8) is 0 Å². The van der Waals surface area contributed by atoms with E-state index in [0.717, 1.165) is 48.0 Å². The van der Waals surface area contributed by atoms with Gasteiger partial charge in [-0.3, -0.25) is 0 Å². The number of phenolic OH excluding ortho intramolecular Hbond substituents is 1. The van der Waals surface area contributed by atoms with Gasteiger partial charge in [0.15, 0.2) is 5.82 Å². The molecule has 37 heavy (non-hydrogen) atoms. The SMILES string of the molecule is C#Cc1c(F)ccc2cc(O)cc(C3=Cc4nc(OC)nc(N5CC6CCC(C5)N6)c4SN3C3CC3)c12. The Hall–Kier alpha value is -3.48. The average molecular weight is 516 g/mol. The maximum Gasteiger partial charge on any atom is 0.318 e. The van der Waals surface area contributed by atoms with Gasteiger partial charge in [0, 0.05) is 42.2 Å². The zero-order chi connectivity index (χ0) is 25.3. The number of terminal acetylenes is 1. The number of nitrogens with zero attached hydrogens (tertiary/aromatic N) is 4. The van der Waals surface area contributed by atoms with Crippen molar-refractivity contribution in [1.82, 2.24) is 19.6 Å². The van der Waals surface area contributed by atoms with E-state index in [9.17, 15) is 9.50 Å². The molecule has 2 saturated heterocycles. The van der Waals surface area contributed by atoms with Crippen LogP contribution in [-0.2, 0) is 0 Å². The van der Waals surface area contributed by atoms with Gasteiger partial charge in [-0.2, -0.15) is 9.97 Å². The van der Waals surface area contributed by atoms with Crippen molar-refractivity contribution in [3.8, 4) is 24.1 Å². The molecule has 0 spiro atoms. The Morgan fingerprint density at radius 3 is 2.65 bits per heavy atom. The molecule has 7 rings (SSSR count). The van der Waals surface area contributed by atoms with E-state index in [4.69, 9.17) is 21.1 Å². The largest absolute Gasteiger partial charge is 0.508 e. The van der Waals surface area contributed by atoms with Crippen LogP contribution in [0.1, 0.15) is 42.5 Å². The van der Waals surface area contributed by atoms with E-state index in [1.807, 2.05) is 6.08 Å². The Balaban J connectivity index is 1.43. The molecule has 2 aromatic carbocycles. The van der Waals surface area contributed by atoms with Gasteiger partial charge < -0.3 is 24.4 Å². The van der Waals surface area contributed by atoms with Gasteiger partial charge in [-0.05, 0) is 67.3 Å². The molecular formula is C28H26FN5O2S. The first-order chi connectivity index (χ1) is 18.0. The topological polar surface area (TPSA) is 73.8 Å². The second-order valence-electron chi connectivity index (χ2n) is 10.1. The average Bonchev–Trinajstić information content (AvgIpc) is 3.70. The highest BCUT2D eigenvalue weighted by molar-refractivity contribution is 7.97. The monoisotopic (exact) mass is 515 g/mol. The van der Waals surface area contributed by atoms with Crippen LogP contribution in [0.4, 0.5) is 10.2 Å². The van der Waals surface area contributed by atoms with E-state index in [2.05, 4.69) is 20.4 Å². The van der Waals surface area contributed by atoms with Crippen LogP contribution in [0.3, 0.4) is 0 Å². The number of ether oxygens (including phenoxy) is 1. The first kappa shape index (κ1) is 22.7. The molecule has 0 amide bonds. The standard InChI is InChI=1S/C28H26FN5O2S/c1-3-20-22(29)9-4-15-10-19(35)11-21(25(15)20)24-12-23-26(37-34(24)18-7-8-18)27(32-28(31-23)36-2)33-13-16-5-6-17(14-33)30-16/h1,4,9-12,16-18,30,35H,5-8,13-14H2,2H3. The van der Waals surface area contributed by atoms with E-state index in [1.165, 1.54) is 18.9 Å². The number of hydrogen-bond donors (Lipinski definition) is 2. The van der Waals surface area contributed by atoms with Crippen molar-refractivity contribution in [3.05, 3.63) is 46.9 Å². The number of benzene rings is 2. The summed E-state index contributed by atoms with van der Waals surface area (Å²) in [6.45, 7) is 1.79. The molecule has 3 aromatic rings. The van der Waals surface area contributed by atoms with Crippen molar-refractivity contribution in [1.29, 1.82) is 0 Å². The van der Waals surface area contributed by atoms with Crippen LogP contribution in [0.5, 0.6) is 11.8 Å². The quantitative estimate of drug-likeness (QED) is 0.392. The number of aromatic hydroxyl groups is 1. The summed E-state index contributed by atoms with van der Waals surface area (Å²) in [6.07, 6.45) is 12.2. The number of piperazine rings is 1. The maximum absolute atomic E-state index is 14.8. The van der Waals surface area contributed by atoms with Crippen LogP contribution in [0.2, 0.25) is 0 Å². The summed E-state index contributed by atoms with van der Waals surface area (Å²) in [4.78, 5) is 12.9. The molecule has 188 valence electrons. The summed E-state index contributed by atoms with van der Waals surface area (Å²) in [7, 11) is 1.58. The lowest BCUT2D eigenvalue weighted by Gasteiger charge is -2.37. The van der Waals surface area contributed by atoms with Crippen molar-refractivity contribution in [2.75, 3.05) is 25.1 Å².